The summed E-state index contributed by atoms with van der Waals surface area (Å²) in [6.45, 7) is 2.12. The second-order valence-corrected chi connectivity index (χ2v) is 9.64. The van der Waals surface area contributed by atoms with Gasteiger partial charge in [0, 0.05) is 43.7 Å². The molecule has 7 nitrogen and oxygen atoms in total. The Morgan fingerprint density at radius 3 is 2.80 bits per heavy atom. The molecule has 0 aromatic carbocycles. The highest BCUT2D eigenvalue weighted by molar-refractivity contribution is 7.91. The molecular weight excluding hydrogens is 342 g/mol. The number of rotatable bonds is 2. The van der Waals surface area contributed by atoms with Gasteiger partial charge >= 0.3 is 0 Å². The Hall–Kier alpha value is -1.70. The fourth-order valence-electron chi connectivity index (χ4n) is 4.42. The molecule has 2 saturated heterocycles. The third kappa shape index (κ3) is 3.23. The summed E-state index contributed by atoms with van der Waals surface area (Å²) in [4.78, 5) is 30.6. The number of carbonyl (C=O) groups excluding carboxylic acids is 1. The number of aryl methyl sites for hydroxylation is 1. The Bertz CT molecular complexity index is 861. The summed E-state index contributed by atoms with van der Waals surface area (Å²) in [6.07, 6.45) is 4.08. The fourth-order valence-corrected chi connectivity index (χ4v) is 6.16. The zero-order valence-electron chi connectivity index (χ0n) is 14.2. The van der Waals surface area contributed by atoms with Crippen LogP contribution in [0.1, 0.15) is 43.1 Å². The lowest BCUT2D eigenvalue weighted by Crippen LogP contribution is -2.43. The molecule has 2 atom stereocenters. The summed E-state index contributed by atoms with van der Waals surface area (Å²) in [5.41, 5.74) is 0.789. The van der Waals surface area contributed by atoms with E-state index in [1.807, 2.05) is 4.90 Å². The van der Waals surface area contributed by atoms with E-state index < -0.39 is 15.8 Å². The predicted molar refractivity (Wildman–Crippen MR) is 92.1 cm³/mol. The molecule has 2 unspecified atom stereocenters. The number of aromatic nitrogens is 2. The number of amides is 1. The summed E-state index contributed by atoms with van der Waals surface area (Å²) in [5.74, 6) is 0.653. The fraction of sp³-hybridized carbons (Fsp3) is 0.706. The van der Waals surface area contributed by atoms with E-state index >= 15 is 0 Å². The van der Waals surface area contributed by atoms with Crippen LogP contribution in [-0.2, 0) is 27.6 Å². The molecule has 2 fully saturated rings. The maximum Gasteiger partial charge on any atom is 0.273 e. The highest BCUT2D eigenvalue weighted by Gasteiger charge is 2.37. The third-order valence-electron chi connectivity index (χ3n) is 5.65. The van der Waals surface area contributed by atoms with E-state index in [-0.39, 0.29) is 28.9 Å². The zero-order chi connectivity index (χ0) is 17.6. The van der Waals surface area contributed by atoms with Gasteiger partial charge in [0.05, 0.1) is 17.4 Å². The van der Waals surface area contributed by atoms with Crippen LogP contribution in [0, 0.1) is 5.92 Å². The van der Waals surface area contributed by atoms with Gasteiger partial charge in [-0.25, -0.2) is 8.42 Å². The van der Waals surface area contributed by atoms with Crippen LogP contribution in [0.3, 0.4) is 0 Å². The molecular formula is C17H23N3O4S. The van der Waals surface area contributed by atoms with Crippen molar-refractivity contribution in [3.63, 3.8) is 0 Å². The van der Waals surface area contributed by atoms with E-state index in [2.05, 4.69) is 9.55 Å². The number of hydrogen-bond acceptors (Lipinski definition) is 5. The zero-order valence-corrected chi connectivity index (χ0v) is 15.0. The normalized spacial score (nSPS) is 28.1. The third-order valence-corrected chi connectivity index (χ3v) is 7.42. The van der Waals surface area contributed by atoms with Crippen molar-refractivity contribution in [2.75, 3.05) is 24.6 Å². The van der Waals surface area contributed by atoms with Gasteiger partial charge in [-0.2, -0.15) is 4.98 Å². The second-order valence-electron chi connectivity index (χ2n) is 7.41. The molecule has 0 bridgehead atoms. The smallest absolute Gasteiger partial charge is 0.273 e. The largest absolute Gasteiger partial charge is 0.342 e. The van der Waals surface area contributed by atoms with Gasteiger partial charge in [0.2, 0.25) is 5.91 Å². The summed E-state index contributed by atoms with van der Waals surface area (Å²) in [5, 5.41) is 0. The van der Waals surface area contributed by atoms with Gasteiger partial charge in [0.1, 0.15) is 5.82 Å². The minimum absolute atomic E-state index is 0.0168. The van der Waals surface area contributed by atoms with E-state index in [0.29, 0.717) is 19.5 Å². The topological polar surface area (TPSA) is 89.3 Å². The van der Waals surface area contributed by atoms with Gasteiger partial charge in [-0.3, -0.25) is 9.59 Å². The molecule has 1 aromatic heterocycles. The Morgan fingerprint density at radius 1 is 1.20 bits per heavy atom. The predicted octanol–water partition coefficient (Wildman–Crippen LogP) is 0.330. The average Bonchev–Trinajstić information content (AvgIpc) is 3.19. The molecule has 1 amide bonds. The first-order chi connectivity index (χ1) is 11.9. The standard InChI is InChI=1S/C17H23N3O4S/c21-16-9-14(20-7-2-4-15(20)18-16)12-3-1-6-19(10-12)17(22)13-5-8-25(23,24)11-13/h9,12-13H,1-8,10-11H2. The highest BCUT2D eigenvalue weighted by atomic mass is 32.2. The summed E-state index contributed by atoms with van der Waals surface area (Å²) >= 11 is 0. The minimum Gasteiger partial charge on any atom is -0.342 e. The summed E-state index contributed by atoms with van der Waals surface area (Å²) in [7, 11) is -3.06. The van der Waals surface area contributed by atoms with E-state index in [0.717, 1.165) is 43.7 Å². The van der Waals surface area contributed by atoms with Gasteiger partial charge < -0.3 is 9.47 Å². The van der Waals surface area contributed by atoms with E-state index in [9.17, 15) is 18.0 Å². The van der Waals surface area contributed by atoms with Crippen molar-refractivity contribution in [3.05, 3.63) is 27.9 Å². The van der Waals surface area contributed by atoms with Crippen LogP contribution in [0.25, 0.3) is 0 Å². The first kappa shape index (κ1) is 16.8. The van der Waals surface area contributed by atoms with Crippen molar-refractivity contribution in [2.24, 2.45) is 5.92 Å². The molecule has 0 spiro atoms. The van der Waals surface area contributed by atoms with Gasteiger partial charge in [-0.15, -0.1) is 0 Å². The number of hydrogen-bond donors (Lipinski definition) is 0. The van der Waals surface area contributed by atoms with Crippen molar-refractivity contribution in [3.8, 4) is 0 Å². The molecule has 4 rings (SSSR count). The molecule has 0 saturated carbocycles. The summed E-state index contributed by atoms with van der Waals surface area (Å²) in [6, 6.07) is 1.62. The Morgan fingerprint density at radius 2 is 2.04 bits per heavy atom. The van der Waals surface area contributed by atoms with Crippen molar-refractivity contribution in [2.45, 2.75) is 44.6 Å². The quantitative estimate of drug-likeness (QED) is 0.753. The van der Waals surface area contributed by atoms with Crippen LogP contribution in [0.15, 0.2) is 10.9 Å². The molecule has 8 heteroatoms. The lowest BCUT2D eigenvalue weighted by molar-refractivity contribution is -0.136. The molecule has 4 heterocycles. The molecule has 3 aliphatic heterocycles. The average molecular weight is 365 g/mol. The summed E-state index contributed by atoms with van der Waals surface area (Å²) < 4.78 is 25.5. The van der Waals surface area contributed by atoms with Gasteiger partial charge in [-0.05, 0) is 25.7 Å². The SMILES string of the molecule is O=C(C1CCS(=O)(=O)C1)N1CCCC(c2cc(=O)nc3n2CCC3)C1. The van der Waals surface area contributed by atoms with Crippen molar-refractivity contribution < 1.29 is 13.2 Å². The number of likely N-dealkylation sites (tertiary alicyclic amines) is 1. The highest BCUT2D eigenvalue weighted by Crippen LogP contribution is 2.30. The van der Waals surface area contributed by atoms with Crippen LogP contribution < -0.4 is 5.56 Å². The lowest BCUT2D eigenvalue weighted by atomic mass is 9.93. The van der Waals surface area contributed by atoms with E-state index in [4.69, 9.17) is 0 Å². The molecule has 25 heavy (non-hydrogen) atoms. The first-order valence-corrected chi connectivity index (χ1v) is 10.8. The van der Waals surface area contributed by atoms with Crippen LogP contribution in [0.4, 0.5) is 0 Å². The van der Waals surface area contributed by atoms with E-state index in [1.165, 1.54) is 0 Å². The van der Waals surface area contributed by atoms with E-state index in [1.54, 1.807) is 6.07 Å². The molecule has 136 valence electrons. The Kier molecular flexibility index (Phi) is 4.17. The van der Waals surface area contributed by atoms with Gasteiger partial charge in [0.25, 0.3) is 5.56 Å². The number of piperidine rings is 1. The van der Waals surface area contributed by atoms with Gasteiger partial charge in [0.15, 0.2) is 9.84 Å². The molecule has 0 N–H and O–H groups in total. The van der Waals surface area contributed by atoms with Crippen molar-refractivity contribution in [1.29, 1.82) is 0 Å². The molecule has 3 aliphatic rings. The second kappa shape index (κ2) is 6.23. The maximum absolute atomic E-state index is 12.7. The molecule has 1 aromatic rings. The number of sulfone groups is 1. The van der Waals surface area contributed by atoms with Crippen LogP contribution >= 0.6 is 0 Å². The Balaban J connectivity index is 1.54. The maximum atomic E-state index is 12.7. The van der Waals surface area contributed by atoms with Gasteiger partial charge in [-0.1, -0.05) is 0 Å². The number of carbonyl (C=O) groups is 1. The van der Waals surface area contributed by atoms with Crippen molar-refractivity contribution >= 4 is 15.7 Å². The molecule has 0 radical (unpaired) electrons. The minimum atomic E-state index is -3.06. The lowest BCUT2D eigenvalue weighted by Gasteiger charge is -2.35. The molecule has 0 aliphatic carbocycles. The first-order valence-electron chi connectivity index (χ1n) is 9.03. The number of nitrogens with zero attached hydrogens (tertiary/aromatic N) is 3. The van der Waals surface area contributed by atoms with Crippen LogP contribution in [0.5, 0.6) is 0 Å². The van der Waals surface area contributed by atoms with Crippen LogP contribution in [0.2, 0.25) is 0 Å². The van der Waals surface area contributed by atoms with Crippen LogP contribution in [-0.4, -0.2) is 53.4 Å². The van der Waals surface area contributed by atoms with Crippen molar-refractivity contribution in [1.82, 2.24) is 14.5 Å². The Labute approximate surface area is 147 Å². The monoisotopic (exact) mass is 365 g/mol. The number of fused-ring (bicyclic) bond motifs is 1.